The zero-order valence-corrected chi connectivity index (χ0v) is 19.6. The summed E-state index contributed by atoms with van der Waals surface area (Å²) in [4.78, 5) is 38.9. The highest BCUT2D eigenvalue weighted by molar-refractivity contribution is 5.84. The van der Waals surface area contributed by atoms with Crippen molar-refractivity contribution in [1.82, 2.24) is 10.2 Å². The molecular weight excluding hydrogens is 444 g/mol. The number of carbonyl (C=O) groups is 3. The SMILES string of the molecule is O=C(NCC1CC1C(=O)N1CC(C(=O)O)C2(CCC2)C1)OCC1c2ccccc2-c2ccccc21. The number of hydrogen-bond donors (Lipinski definition) is 2. The summed E-state index contributed by atoms with van der Waals surface area (Å²) in [6.45, 7) is 1.54. The highest BCUT2D eigenvalue weighted by Crippen LogP contribution is 2.53. The van der Waals surface area contributed by atoms with Crippen LogP contribution in [0.4, 0.5) is 4.79 Å². The average Bonchev–Trinajstić information content (AvgIpc) is 3.37. The number of aliphatic carboxylic acids is 1. The van der Waals surface area contributed by atoms with Crippen LogP contribution in [0.15, 0.2) is 48.5 Å². The molecule has 4 aliphatic rings. The number of carboxylic acids is 1. The zero-order chi connectivity index (χ0) is 24.2. The first-order chi connectivity index (χ1) is 17.0. The first-order valence-electron chi connectivity index (χ1n) is 12.6. The zero-order valence-electron chi connectivity index (χ0n) is 19.6. The van der Waals surface area contributed by atoms with Gasteiger partial charge in [-0.05, 0) is 47.4 Å². The minimum absolute atomic E-state index is 0.0135. The minimum atomic E-state index is -0.788. The quantitative estimate of drug-likeness (QED) is 0.663. The lowest BCUT2D eigenvalue weighted by atomic mass is 9.63. The van der Waals surface area contributed by atoms with Gasteiger partial charge in [0.05, 0.1) is 5.92 Å². The van der Waals surface area contributed by atoms with E-state index in [0.29, 0.717) is 19.6 Å². The van der Waals surface area contributed by atoms with Gasteiger partial charge in [0.1, 0.15) is 6.61 Å². The maximum Gasteiger partial charge on any atom is 0.407 e. The summed E-state index contributed by atoms with van der Waals surface area (Å²) >= 11 is 0. The van der Waals surface area contributed by atoms with Crippen molar-refractivity contribution in [3.63, 3.8) is 0 Å². The maximum absolute atomic E-state index is 13.0. The standard InChI is InChI=1S/C28H30N2O5/c31-25(30-14-24(26(32)33)28(16-30)10-5-11-28)22-12-17(22)13-29-27(34)35-15-23-20-8-3-1-6-18(20)19-7-2-4-9-21(19)23/h1-4,6-9,17,22-24H,5,10-16H2,(H,29,34)(H,32,33). The van der Waals surface area contributed by atoms with Gasteiger partial charge in [0, 0.05) is 36.9 Å². The van der Waals surface area contributed by atoms with E-state index in [0.717, 1.165) is 25.7 Å². The Labute approximate surface area is 204 Å². The third-order valence-electron chi connectivity index (χ3n) is 8.70. The molecule has 7 nitrogen and oxygen atoms in total. The largest absolute Gasteiger partial charge is 0.481 e. The van der Waals surface area contributed by atoms with E-state index in [1.807, 2.05) is 24.3 Å². The predicted molar refractivity (Wildman–Crippen MR) is 129 cm³/mol. The summed E-state index contributed by atoms with van der Waals surface area (Å²) in [6, 6.07) is 16.4. The number of rotatable bonds is 6. The molecule has 2 saturated carbocycles. The van der Waals surface area contributed by atoms with Gasteiger partial charge < -0.3 is 20.1 Å². The van der Waals surface area contributed by atoms with Crippen molar-refractivity contribution in [1.29, 1.82) is 0 Å². The van der Waals surface area contributed by atoms with E-state index < -0.39 is 18.0 Å². The fraction of sp³-hybridized carbons (Fsp3) is 0.464. The lowest BCUT2D eigenvalue weighted by Gasteiger charge is -2.40. The van der Waals surface area contributed by atoms with Crippen molar-refractivity contribution in [3.05, 3.63) is 59.7 Å². The van der Waals surface area contributed by atoms with Gasteiger partial charge >= 0.3 is 12.1 Å². The van der Waals surface area contributed by atoms with Gasteiger partial charge in [-0.2, -0.15) is 0 Å². The molecule has 182 valence electrons. The minimum Gasteiger partial charge on any atom is -0.481 e. The van der Waals surface area contributed by atoms with E-state index in [4.69, 9.17) is 4.74 Å². The van der Waals surface area contributed by atoms with E-state index in [1.54, 1.807) is 4.90 Å². The Hall–Kier alpha value is -3.35. The molecule has 7 heteroatoms. The Morgan fingerprint density at radius 3 is 2.26 bits per heavy atom. The highest BCUT2D eigenvalue weighted by atomic mass is 16.5. The van der Waals surface area contributed by atoms with Gasteiger partial charge in [-0.25, -0.2) is 4.79 Å². The molecule has 2 amide bonds. The summed E-state index contributed by atoms with van der Waals surface area (Å²) in [7, 11) is 0. The number of ether oxygens (including phenoxy) is 1. The lowest BCUT2D eigenvalue weighted by molar-refractivity contribution is -0.146. The third kappa shape index (κ3) is 3.77. The molecule has 3 atom stereocenters. The summed E-state index contributed by atoms with van der Waals surface area (Å²) in [5.41, 5.74) is 4.50. The van der Waals surface area contributed by atoms with Crippen LogP contribution < -0.4 is 5.32 Å². The van der Waals surface area contributed by atoms with Crippen LogP contribution in [0.3, 0.4) is 0 Å². The second-order valence-corrected chi connectivity index (χ2v) is 10.6. The monoisotopic (exact) mass is 474 g/mol. The molecule has 2 aromatic rings. The molecule has 35 heavy (non-hydrogen) atoms. The van der Waals surface area contributed by atoms with Crippen molar-refractivity contribution in [2.24, 2.45) is 23.2 Å². The van der Waals surface area contributed by atoms with Gasteiger partial charge in [-0.15, -0.1) is 0 Å². The lowest BCUT2D eigenvalue weighted by Crippen LogP contribution is -2.41. The molecule has 1 heterocycles. The number of fused-ring (bicyclic) bond motifs is 3. The van der Waals surface area contributed by atoms with E-state index in [-0.39, 0.29) is 35.7 Å². The Morgan fingerprint density at radius 1 is 1.03 bits per heavy atom. The normalized spacial score (nSPS) is 25.5. The molecule has 1 spiro atoms. The van der Waals surface area contributed by atoms with E-state index in [2.05, 4.69) is 29.6 Å². The summed E-state index contributed by atoms with van der Waals surface area (Å²) in [5.74, 6) is -1.22. The third-order valence-corrected chi connectivity index (χ3v) is 8.70. The number of carboxylic acid groups (broad SMARTS) is 1. The van der Waals surface area contributed by atoms with Crippen LogP contribution in [0.25, 0.3) is 11.1 Å². The Bertz CT molecular complexity index is 1140. The number of likely N-dealkylation sites (tertiary alicyclic amines) is 1. The molecule has 3 unspecified atom stereocenters. The van der Waals surface area contributed by atoms with Crippen LogP contribution in [0.1, 0.15) is 42.7 Å². The number of nitrogens with one attached hydrogen (secondary N) is 1. The number of amides is 2. The molecule has 2 aromatic carbocycles. The highest BCUT2D eigenvalue weighted by Gasteiger charge is 2.56. The second-order valence-electron chi connectivity index (χ2n) is 10.6. The van der Waals surface area contributed by atoms with Crippen LogP contribution >= 0.6 is 0 Å². The summed E-state index contributed by atoms with van der Waals surface area (Å²) < 4.78 is 5.59. The average molecular weight is 475 g/mol. The van der Waals surface area contributed by atoms with Gasteiger partial charge in [0.15, 0.2) is 0 Å². The number of alkyl carbamates (subject to hydrolysis) is 1. The van der Waals surface area contributed by atoms with Crippen LogP contribution in [0, 0.1) is 23.2 Å². The topological polar surface area (TPSA) is 95.9 Å². The number of nitrogens with zero attached hydrogens (tertiary/aromatic N) is 1. The number of carbonyl (C=O) groups excluding carboxylic acids is 2. The molecule has 2 N–H and O–H groups in total. The van der Waals surface area contributed by atoms with Gasteiger partial charge in [0.2, 0.25) is 5.91 Å². The molecule has 0 aromatic heterocycles. The second kappa shape index (κ2) is 8.40. The maximum atomic E-state index is 13.0. The van der Waals surface area contributed by atoms with E-state index in [1.165, 1.54) is 22.3 Å². The van der Waals surface area contributed by atoms with Crippen LogP contribution in [0.5, 0.6) is 0 Å². The smallest absolute Gasteiger partial charge is 0.407 e. The summed E-state index contributed by atoms with van der Waals surface area (Å²) in [5, 5.41) is 12.4. The first-order valence-corrected chi connectivity index (χ1v) is 12.6. The Balaban J connectivity index is 0.998. The molecule has 3 fully saturated rings. The molecular formula is C28H30N2O5. The van der Waals surface area contributed by atoms with Gasteiger partial charge in [-0.1, -0.05) is 55.0 Å². The van der Waals surface area contributed by atoms with Crippen molar-refractivity contribution in [2.45, 2.75) is 31.6 Å². The molecule has 1 saturated heterocycles. The predicted octanol–water partition coefficient (Wildman–Crippen LogP) is 3.87. The molecule has 1 aliphatic heterocycles. The van der Waals surface area contributed by atoms with Crippen molar-refractivity contribution in [3.8, 4) is 11.1 Å². The van der Waals surface area contributed by atoms with Crippen molar-refractivity contribution < 1.29 is 24.2 Å². The van der Waals surface area contributed by atoms with Crippen molar-refractivity contribution >= 4 is 18.0 Å². The summed E-state index contributed by atoms with van der Waals surface area (Å²) in [6.07, 6.45) is 3.09. The first kappa shape index (κ1) is 22.1. The van der Waals surface area contributed by atoms with Crippen LogP contribution in [-0.2, 0) is 14.3 Å². The number of hydrogen-bond acceptors (Lipinski definition) is 4. The molecule has 6 rings (SSSR count). The van der Waals surface area contributed by atoms with Crippen LogP contribution in [0.2, 0.25) is 0 Å². The van der Waals surface area contributed by atoms with Gasteiger partial charge in [-0.3, -0.25) is 9.59 Å². The molecule has 0 radical (unpaired) electrons. The Kier molecular flexibility index (Phi) is 5.31. The Morgan fingerprint density at radius 2 is 1.69 bits per heavy atom. The molecule has 3 aliphatic carbocycles. The van der Waals surface area contributed by atoms with Crippen molar-refractivity contribution in [2.75, 3.05) is 26.2 Å². The van der Waals surface area contributed by atoms with Crippen LogP contribution in [-0.4, -0.2) is 54.2 Å². The number of benzene rings is 2. The fourth-order valence-corrected chi connectivity index (χ4v) is 6.49. The van der Waals surface area contributed by atoms with E-state index in [9.17, 15) is 19.5 Å². The van der Waals surface area contributed by atoms with E-state index >= 15 is 0 Å². The fourth-order valence-electron chi connectivity index (χ4n) is 6.49. The molecule has 0 bridgehead atoms. The van der Waals surface area contributed by atoms with Gasteiger partial charge in [0.25, 0.3) is 0 Å².